The molecular formula is C16H14N4O3S. The number of carbonyl (C=O) groups excluding carboxylic acids is 1. The standard InChI is InChI=1S/C16H14N4O3S/c1-9-7-11(8-14-15(21)18-16(24)17-14)10(2)19(9)12-3-5-13(6-4-12)20(22)23/h3-8H,1-2H3,(H2,17,18,21,24). The Balaban J connectivity index is 2.01. The minimum atomic E-state index is -0.428. The molecule has 1 aliphatic heterocycles. The van der Waals surface area contributed by atoms with E-state index >= 15 is 0 Å². The summed E-state index contributed by atoms with van der Waals surface area (Å²) in [5.74, 6) is -0.264. The van der Waals surface area contributed by atoms with Gasteiger partial charge in [-0.1, -0.05) is 0 Å². The highest BCUT2D eigenvalue weighted by Gasteiger charge is 2.21. The van der Waals surface area contributed by atoms with Crippen molar-refractivity contribution in [2.24, 2.45) is 0 Å². The van der Waals surface area contributed by atoms with Crippen LogP contribution in [0, 0.1) is 24.0 Å². The largest absolute Gasteiger partial charge is 0.328 e. The monoisotopic (exact) mass is 342 g/mol. The summed E-state index contributed by atoms with van der Waals surface area (Å²) in [6, 6.07) is 8.28. The zero-order chi connectivity index (χ0) is 17.4. The van der Waals surface area contributed by atoms with E-state index in [0.717, 1.165) is 22.6 Å². The Hall–Kier alpha value is -3.00. The summed E-state index contributed by atoms with van der Waals surface area (Å²) in [6.45, 7) is 3.86. The number of amides is 1. The van der Waals surface area contributed by atoms with Gasteiger partial charge in [-0.15, -0.1) is 0 Å². The van der Waals surface area contributed by atoms with Crippen molar-refractivity contribution in [2.45, 2.75) is 13.8 Å². The van der Waals surface area contributed by atoms with Gasteiger partial charge in [0.05, 0.1) is 4.92 Å². The molecule has 7 nitrogen and oxygen atoms in total. The zero-order valence-electron chi connectivity index (χ0n) is 13.0. The van der Waals surface area contributed by atoms with E-state index < -0.39 is 4.92 Å². The molecule has 8 heteroatoms. The Labute approximate surface area is 143 Å². The summed E-state index contributed by atoms with van der Waals surface area (Å²) in [7, 11) is 0. The van der Waals surface area contributed by atoms with Crippen LogP contribution in [0.15, 0.2) is 36.0 Å². The van der Waals surface area contributed by atoms with E-state index in [1.54, 1.807) is 18.2 Å². The molecule has 3 rings (SSSR count). The number of benzene rings is 1. The summed E-state index contributed by atoms with van der Waals surface area (Å²) in [5.41, 5.74) is 4.00. The van der Waals surface area contributed by atoms with Crippen LogP contribution in [0.2, 0.25) is 0 Å². The molecule has 0 radical (unpaired) electrons. The molecule has 1 aromatic carbocycles. The van der Waals surface area contributed by atoms with Crippen LogP contribution in [0.25, 0.3) is 11.8 Å². The highest BCUT2D eigenvalue weighted by Crippen LogP contribution is 2.24. The fourth-order valence-electron chi connectivity index (χ4n) is 2.69. The minimum absolute atomic E-state index is 0.0453. The van der Waals surface area contributed by atoms with Crippen LogP contribution < -0.4 is 10.6 Å². The number of aromatic nitrogens is 1. The predicted molar refractivity (Wildman–Crippen MR) is 93.8 cm³/mol. The number of nitro groups is 1. The summed E-state index contributed by atoms with van der Waals surface area (Å²) in [4.78, 5) is 22.1. The van der Waals surface area contributed by atoms with Crippen LogP contribution in [0.1, 0.15) is 17.0 Å². The Morgan fingerprint density at radius 2 is 1.88 bits per heavy atom. The van der Waals surface area contributed by atoms with Gasteiger partial charge >= 0.3 is 0 Å². The third-order valence-corrected chi connectivity index (χ3v) is 4.01. The summed E-state index contributed by atoms with van der Waals surface area (Å²) in [6.07, 6.45) is 1.73. The maximum Gasteiger partial charge on any atom is 0.273 e. The number of nitrogens with one attached hydrogen (secondary N) is 2. The van der Waals surface area contributed by atoms with Gasteiger partial charge in [-0.3, -0.25) is 20.2 Å². The topological polar surface area (TPSA) is 89.2 Å². The SMILES string of the molecule is Cc1cc(C=C2NC(=S)NC2=O)c(C)n1-c1ccc([N+](=O)[O-])cc1. The van der Waals surface area contributed by atoms with Crippen molar-refractivity contribution < 1.29 is 9.72 Å². The molecule has 2 aromatic rings. The first-order chi connectivity index (χ1) is 11.4. The number of hydrogen-bond donors (Lipinski definition) is 2. The van der Waals surface area contributed by atoms with Gasteiger partial charge < -0.3 is 9.88 Å². The quantitative estimate of drug-likeness (QED) is 0.387. The molecule has 0 bridgehead atoms. The number of carbonyl (C=O) groups is 1. The highest BCUT2D eigenvalue weighted by molar-refractivity contribution is 7.80. The molecule has 1 saturated heterocycles. The first-order valence-electron chi connectivity index (χ1n) is 7.14. The van der Waals surface area contributed by atoms with Gasteiger partial charge in [0.2, 0.25) is 0 Å². The maximum atomic E-state index is 11.8. The molecule has 0 saturated carbocycles. The van der Waals surface area contributed by atoms with Crippen molar-refractivity contribution in [3.63, 3.8) is 0 Å². The molecule has 1 aromatic heterocycles. The number of hydrogen-bond acceptors (Lipinski definition) is 4. The number of nitro benzene ring substituents is 1. The Morgan fingerprint density at radius 3 is 2.42 bits per heavy atom. The van der Waals surface area contributed by atoms with Crippen molar-refractivity contribution in [2.75, 3.05) is 0 Å². The molecule has 1 amide bonds. The lowest BCUT2D eigenvalue weighted by Crippen LogP contribution is -2.21. The second-order valence-electron chi connectivity index (χ2n) is 5.40. The van der Waals surface area contributed by atoms with Crippen LogP contribution in [0.5, 0.6) is 0 Å². The molecule has 24 heavy (non-hydrogen) atoms. The predicted octanol–water partition coefficient (Wildman–Crippen LogP) is 2.35. The lowest BCUT2D eigenvalue weighted by atomic mass is 10.2. The normalized spacial score (nSPS) is 15.5. The highest BCUT2D eigenvalue weighted by atomic mass is 32.1. The minimum Gasteiger partial charge on any atom is -0.328 e. The van der Waals surface area contributed by atoms with Gasteiger partial charge in [0.1, 0.15) is 5.70 Å². The third-order valence-electron chi connectivity index (χ3n) is 3.81. The molecule has 0 unspecified atom stereocenters. The molecule has 2 N–H and O–H groups in total. The van der Waals surface area contributed by atoms with Crippen molar-refractivity contribution >= 4 is 35.0 Å². The fourth-order valence-corrected chi connectivity index (χ4v) is 2.90. The van der Waals surface area contributed by atoms with Gasteiger partial charge in [-0.05, 0) is 55.9 Å². The number of thiocarbonyl (C=S) groups is 1. The Bertz CT molecular complexity index is 897. The molecule has 1 fully saturated rings. The molecule has 0 spiro atoms. The summed E-state index contributed by atoms with van der Waals surface area (Å²) in [5, 5.41) is 16.4. The number of non-ortho nitro benzene ring substituents is 1. The van der Waals surface area contributed by atoms with Gasteiger partial charge in [0.15, 0.2) is 5.11 Å². The van der Waals surface area contributed by atoms with E-state index in [4.69, 9.17) is 12.2 Å². The average Bonchev–Trinajstić information content (AvgIpc) is 2.98. The van der Waals surface area contributed by atoms with Gasteiger partial charge in [-0.25, -0.2) is 0 Å². The molecular weight excluding hydrogens is 328 g/mol. The smallest absolute Gasteiger partial charge is 0.273 e. The Morgan fingerprint density at radius 1 is 1.21 bits per heavy atom. The van der Waals surface area contributed by atoms with Crippen molar-refractivity contribution in [1.82, 2.24) is 15.2 Å². The summed E-state index contributed by atoms with van der Waals surface area (Å²) >= 11 is 4.92. The van der Waals surface area contributed by atoms with E-state index in [1.165, 1.54) is 12.1 Å². The van der Waals surface area contributed by atoms with E-state index in [2.05, 4.69) is 10.6 Å². The maximum absolute atomic E-state index is 11.8. The molecule has 1 aliphatic rings. The molecule has 2 heterocycles. The van der Waals surface area contributed by atoms with Crippen molar-refractivity contribution in [3.05, 3.63) is 63.1 Å². The van der Waals surface area contributed by atoms with E-state index in [1.807, 2.05) is 24.5 Å². The van der Waals surface area contributed by atoms with Crippen molar-refractivity contribution in [1.29, 1.82) is 0 Å². The second kappa shape index (κ2) is 5.89. The lowest BCUT2D eigenvalue weighted by Gasteiger charge is -2.09. The molecule has 0 atom stereocenters. The van der Waals surface area contributed by atoms with Gasteiger partial charge in [0, 0.05) is 29.2 Å². The van der Waals surface area contributed by atoms with E-state index in [-0.39, 0.29) is 16.7 Å². The number of rotatable bonds is 3. The fraction of sp³-hybridized carbons (Fsp3) is 0.125. The van der Waals surface area contributed by atoms with Gasteiger partial charge in [0.25, 0.3) is 11.6 Å². The van der Waals surface area contributed by atoms with E-state index in [9.17, 15) is 14.9 Å². The van der Waals surface area contributed by atoms with Crippen LogP contribution in [-0.4, -0.2) is 20.5 Å². The van der Waals surface area contributed by atoms with E-state index in [0.29, 0.717) is 5.70 Å². The van der Waals surface area contributed by atoms with Crippen LogP contribution in [0.4, 0.5) is 5.69 Å². The second-order valence-corrected chi connectivity index (χ2v) is 5.81. The first kappa shape index (κ1) is 15.9. The van der Waals surface area contributed by atoms with Gasteiger partial charge in [-0.2, -0.15) is 0 Å². The summed E-state index contributed by atoms with van der Waals surface area (Å²) < 4.78 is 1.97. The van der Waals surface area contributed by atoms with Crippen LogP contribution >= 0.6 is 12.2 Å². The van der Waals surface area contributed by atoms with Crippen LogP contribution in [0.3, 0.4) is 0 Å². The third kappa shape index (κ3) is 2.79. The Kier molecular flexibility index (Phi) is 3.90. The zero-order valence-corrected chi connectivity index (χ0v) is 13.8. The molecule has 0 aliphatic carbocycles. The van der Waals surface area contributed by atoms with Crippen molar-refractivity contribution in [3.8, 4) is 5.69 Å². The number of nitrogens with zero attached hydrogens (tertiary/aromatic N) is 2. The number of aryl methyl sites for hydroxylation is 1. The molecule has 122 valence electrons. The first-order valence-corrected chi connectivity index (χ1v) is 7.55. The average molecular weight is 342 g/mol. The van der Waals surface area contributed by atoms with Crippen LogP contribution in [-0.2, 0) is 4.79 Å². The lowest BCUT2D eigenvalue weighted by molar-refractivity contribution is -0.384.